The maximum Gasteiger partial charge on any atom is 0.146 e. The summed E-state index contributed by atoms with van der Waals surface area (Å²) in [5, 5.41) is 0. The Morgan fingerprint density at radius 1 is 0.889 bits per heavy atom. The first kappa shape index (κ1) is 14.0. The van der Waals surface area contributed by atoms with E-state index in [2.05, 4.69) is 18.8 Å². The molecule has 0 spiro atoms. The molecule has 100 valence electrons. The SMILES string of the molecule is CCCCC#CCCCB1C2CCCC1CCC2. The van der Waals surface area contributed by atoms with Gasteiger partial charge in [0.2, 0.25) is 0 Å². The maximum atomic E-state index is 3.38. The van der Waals surface area contributed by atoms with E-state index < -0.39 is 0 Å². The predicted octanol–water partition coefficient (Wildman–Crippen LogP) is 5.56. The molecule has 0 atom stereocenters. The van der Waals surface area contributed by atoms with E-state index in [1.807, 2.05) is 0 Å². The van der Waals surface area contributed by atoms with Crippen LogP contribution in [0.25, 0.3) is 0 Å². The number of fused-ring (bicyclic) bond motifs is 2. The molecule has 2 aliphatic rings. The molecule has 0 radical (unpaired) electrons. The van der Waals surface area contributed by atoms with Gasteiger partial charge in [-0.05, 0) is 12.8 Å². The first-order chi connectivity index (χ1) is 8.92. The molecule has 0 N–H and O–H groups in total. The van der Waals surface area contributed by atoms with Crippen LogP contribution < -0.4 is 0 Å². The van der Waals surface area contributed by atoms with Crippen molar-refractivity contribution < 1.29 is 0 Å². The second-order valence-electron chi connectivity index (χ2n) is 6.40. The standard InChI is InChI=1S/C17H29B/c1-2-3-4-5-6-7-8-15-18-16-11-9-12-17(18)14-10-13-16/h16-17H,2-4,7-15H2,1H3. The molecule has 0 aromatic carbocycles. The van der Waals surface area contributed by atoms with Crippen molar-refractivity contribution in [3.05, 3.63) is 0 Å². The van der Waals surface area contributed by atoms with Crippen molar-refractivity contribution >= 4 is 6.71 Å². The van der Waals surface area contributed by atoms with Gasteiger partial charge in [0.15, 0.2) is 0 Å². The lowest BCUT2D eigenvalue weighted by molar-refractivity contribution is 0.440. The molecule has 0 aromatic rings. The van der Waals surface area contributed by atoms with Crippen molar-refractivity contribution in [2.24, 2.45) is 0 Å². The Balaban J connectivity index is 1.64. The number of unbranched alkanes of at least 4 members (excludes halogenated alkanes) is 3. The maximum absolute atomic E-state index is 3.38. The Hall–Kier alpha value is -0.375. The fourth-order valence-corrected chi connectivity index (χ4v) is 4.15. The Bertz CT molecular complexity index is 264. The Morgan fingerprint density at radius 2 is 1.44 bits per heavy atom. The van der Waals surface area contributed by atoms with E-state index >= 15 is 0 Å². The topological polar surface area (TPSA) is 0 Å². The van der Waals surface area contributed by atoms with Gasteiger partial charge in [0.25, 0.3) is 0 Å². The van der Waals surface area contributed by atoms with Crippen LogP contribution in [0.3, 0.4) is 0 Å². The van der Waals surface area contributed by atoms with Gasteiger partial charge in [-0.2, -0.15) is 0 Å². The Kier molecular flexibility index (Phi) is 6.19. The fraction of sp³-hybridized carbons (Fsp3) is 0.882. The molecule has 2 aliphatic heterocycles. The van der Waals surface area contributed by atoms with E-state index in [9.17, 15) is 0 Å². The van der Waals surface area contributed by atoms with E-state index in [0.717, 1.165) is 31.2 Å². The summed E-state index contributed by atoms with van der Waals surface area (Å²) < 4.78 is 0. The van der Waals surface area contributed by atoms with Gasteiger partial charge >= 0.3 is 0 Å². The minimum absolute atomic E-state index is 1.07. The molecule has 2 bridgehead atoms. The average Bonchev–Trinajstić information content (AvgIpc) is 2.37. The molecule has 0 unspecified atom stereocenters. The highest BCUT2D eigenvalue weighted by atomic mass is 14.2. The second kappa shape index (κ2) is 7.93. The summed E-state index contributed by atoms with van der Waals surface area (Å²) >= 11 is 0. The first-order valence-electron chi connectivity index (χ1n) is 8.37. The lowest BCUT2D eigenvalue weighted by Crippen LogP contribution is -2.34. The van der Waals surface area contributed by atoms with Crippen LogP contribution in [-0.4, -0.2) is 6.71 Å². The number of hydrogen-bond donors (Lipinski definition) is 0. The van der Waals surface area contributed by atoms with Crippen LogP contribution in [0.5, 0.6) is 0 Å². The molecule has 0 nitrogen and oxygen atoms in total. The van der Waals surface area contributed by atoms with E-state index in [1.165, 1.54) is 64.1 Å². The Morgan fingerprint density at radius 3 is 2.00 bits per heavy atom. The van der Waals surface area contributed by atoms with E-state index in [0.29, 0.717) is 0 Å². The monoisotopic (exact) mass is 244 g/mol. The van der Waals surface area contributed by atoms with Crippen LogP contribution in [0.4, 0.5) is 0 Å². The van der Waals surface area contributed by atoms with Crippen molar-refractivity contribution in [3.8, 4) is 11.8 Å². The predicted molar refractivity (Wildman–Crippen MR) is 82.3 cm³/mol. The van der Waals surface area contributed by atoms with E-state index in [-0.39, 0.29) is 0 Å². The molecular formula is C17H29B. The highest BCUT2D eigenvalue weighted by Gasteiger charge is 2.37. The van der Waals surface area contributed by atoms with Crippen LogP contribution in [0.1, 0.15) is 77.6 Å². The van der Waals surface area contributed by atoms with Crippen molar-refractivity contribution in [2.45, 2.75) is 95.5 Å². The van der Waals surface area contributed by atoms with Gasteiger partial charge in [-0.1, -0.05) is 69.8 Å². The fourth-order valence-electron chi connectivity index (χ4n) is 4.15. The van der Waals surface area contributed by atoms with Gasteiger partial charge in [-0.15, -0.1) is 11.8 Å². The molecule has 0 aromatic heterocycles. The van der Waals surface area contributed by atoms with Gasteiger partial charge in [-0.25, -0.2) is 0 Å². The van der Waals surface area contributed by atoms with Crippen molar-refractivity contribution in [1.29, 1.82) is 0 Å². The largest absolute Gasteiger partial charge is 0.146 e. The summed E-state index contributed by atoms with van der Waals surface area (Å²) in [4.78, 5) is 0. The molecule has 2 saturated heterocycles. The van der Waals surface area contributed by atoms with Gasteiger partial charge < -0.3 is 0 Å². The van der Waals surface area contributed by atoms with Crippen molar-refractivity contribution in [3.63, 3.8) is 0 Å². The normalized spacial score (nSPS) is 26.6. The summed E-state index contributed by atoms with van der Waals surface area (Å²) in [6.07, 6.45) is 16.8. The molecule has 0 amide bonds. The van der Waals surface area contributed by atoms with Crippen LogP contribution in [0.15, 0.2) is 0 Å². The van der Waals surface area contributed by atoms with E-state index in [1.54, 1.807) is 0 Å². The van der Waals surface area contributed by atoms with Crippen molar-refractivity contribution in [2.75, 3.05) is 0 Å². The summed E-state index contributed by atoms with van der Waals surface area (Å²) in [6, 6.07) is 0. The summed E-state index contributed by atoms with van der Waals surface area (Å²) in [5.74, 6) is 8.88. The minimum atomic E-state index is 1.07. The van der Waals surface area contributed by atoms with Crippen LogP contribution in [0.2, 0.25) is 18.0 Å². The minimum Gasteiger partial charge on any atom is -0.103 e. The highest BCUT2D eigenvalue weighted by Crippen LogP contribution is 2.48. The third kappa shape index (κ3) is 4.08. The molecule has 2 heterocycles. The quantitative estimate of drug-likeness (QED) is 0.337. The molecule has 0 aliphatic carbocycles. The summed E-state index contributed by atoms with van der Waals surface area (Å²) in [5.41, 5.74) is 0. The molecule has 2 rings (SSSR count). The highest BCUT2D eigenvalue weighted by molar-refractivity contribution is 6.62. The second-order valence-corrected chi connectivity index (χ2v) is 6.40. The van der Waals surface area contributed by atoms with Gasteiger partial charge in [0, 0.05) is 12.8 Å². The lowest BCUT2D eigenvalue weighted by atomic mass is 9.26. The zero-order chi connectivity index (χ0) is 12.6. The van der Waals surface area contributed by atoms with Gasteiger partial charge in [0.05, 0.1) is 0 Å². The molecular weight excluding hydrogens is 215 g/mol. The molecule has 18 heavy (non-hydrogen) atoms. The lowest BCUT2D eigenvalue weighted by Gasteiger charge is -2.40. The Labute approximate surface area is 114 Å². The van der Waals surface area contributed by atoms with Gasteiger partial charge in [-0.3, -0.25) is 0 Å². The zero-order valence-corrected chi connectivity index (χ0v) is 12.2. The van der Waals surface area contributed by atoms with Crippen molar-refractivity contribution in [1.82, 2.24) is 0 Å². The zero-order valence-electron chi connectivity index (χ0n) is 12.2. The average molecular weight is 244 g/mol. The molecule has 0 saturated carbocycles. The summed E-state index contributed by atoms with van der Waals surface area (Å²) in [6.45, 7) is 3.31. The number of rotatable bonds is 5. The first-order valence-corrected chi connectivity index (χ1v) is 8.37. The smallest absolute Gasteiger partial charge is 0.103 e. The van der Waals surface area contributed by atoms with Crippen LogP contribution in [-0.2, 0) is 0 Å². The van der Waals surface area contributed by atoms with Crippen LogP contribution >= 0.6 is 0 Å². The number of hydrogen-bond acceptors (Lipinski definition) is 0. The van der Waals surface area contributed by atoms with Gasteiger partial charge in [0.1, 0.15) is 6.71 Å². The van der Waals surface area contributed by atoms with E-state index in [4.69, 9.17) is 0 Å². The molecule has 1 heteroatoms. The third-order valence-electron chi connectivity index (χ3n) is 5.13. The third-order valence-corrected chi connectivity index (χ3v) is 5.13. The molecule has 2 fully saturated rings. The summed E-state index contributed by atoms with van der Waals surface area (Å²) in [7, 11) is 0. The van der Waals surface area contributed by atoms with Crippen LogP contribution in [0, 0.1) is 11.8 Å².